The summed E-state index contributed by atoms with van der Waals surface area (Å²) in [6.45, 7) is 2.09. The van der Waals surface area contributed by atoms with Gasteiger partial charge in [0.05, 0.1) is 18.8 Å². The maximum absolute atomic E-state index is 10.8. The summed E-state index contributed by atoms with van der Waals surface area (Å²) in [5, 5.41) is 8.82. The Kier molecular flexibility index (Phi) is 3.49. The third kappa shape index (κ3) is 2.88. The van der Waals surface area contributed by atoms with Crippen LogP contribution in [0, 0.1) is 5.92 Å². The van der Waals surface area contributed by atoms with Gasteiger partial charge in [0.2, 0.25) is 0 Å². The first-order chi connectivity index (χ1) is 8.16. The largest absolute Gasteiger partial charge is 0.493 e. The molecule has 0 aliphatic carbocycles. The van der Waals surface area contributed by atoms with Gasteiger partial charge in [-0.25, -0.2) is 4.79 Å². The van der Waals surface area contributed by atoms with Crippen LogP contribution in [0.3, 0.4) is 0 Å². The summed E-state index contributed by atoms with van der Waals surface area (Å²) in [7, 11) is 0. The molecule has 1 atom stereocenters. The summed E-state index contributed by atoms with van der Waals surface area (Å²) in [6.07, 6.45) is 1.00. The Morgan fingerprint density at radius 1 is 1.59 bits per heavy atom. The monoisotopic (exact) mass is 237 g/mol. The minimum atomic E-state index is -1.03. The van der Waals surface area contributed by atoms with Gasteiger partial charge in [-0.15, -0.1) is 0 Å². The van der Waals surface area contributed by atoms with Crippen LogP contribution in [0.2, 0.25) is 0 Å². The second-order valence-corrected chi connectivity index (χ2v) is 4.09. The number of carboxylic acids is 1. The highest BCUT2D eigenvalue weighted by molar-refractivity contribution is 5.93. The van der Waals surface area contributed by atoms with Crippen LogP contribution in [0.25, 0.3) is 0 Å². The number of benzene rings is 1. The van der Waals surface area contributed by atoms with Gasteiger partial charge in [0.1, 0.15) is 5.75 Å². The van der Waals surface area contributed by atoms with E-state index in [2.05, 4.69) is 0 Å². The van der Waals surface area contributed by atoms with E-state index in [0.717, 1.165) is 19.6 Å². The second-order valence-electron chi connectivity index (χ2n) is 4.09. The van der Waals surface area contributed by atoms with Gasteiger partial charge in [-0.05, 0) is 18.6 Å². The Balaban J connectivity index is 1.97. The first-order valence-electron chi connectivity index (χ1n) is 5.50. The average molecular weight is 237 g/mol. The van der Waals surface area contributed by atoms with Gasteiger partial charge in [0, 0.05) is 24.3 Å². The third-order valence-corrected chi connectivity index (χ3v) is 2.76. The van der Waals surface area contributed by atoms with Crippen molar-refractivity contribution in [3.05, 3.63) is 23.8 Å². The topological polar surface area (TPSA) is 81.8 Å². The maximum Gasteiger partial charge on any atom is 0.337 e. The summed E-state index contributed by atoms with van der Waals surface area (Å²) in [5.41, 5.74) is 5.94. The predicted molar refractivity (Wildman–Crippen MR) is 62.2 cm³/mol. The lowest BCUT2D eigenvalue weighted by molar-refractivity contribution is 0.0698. The first kappa shape index (κ1) is 11.7. The van der Waals surface area contributed by atoms with Crippen molar-refractivity contribution in [3.63, 3.8) is 0 Å². The summed E-state index contributed by atoms with van der Waals surface area (Å²) in [4.78, 5) is 10.8. The predicted octanol–water partition coefficient (Wildman–Crippen LogP) is 1.38. The van der Waals surface area contributed by atoms with Crippen molar-refractivity contribution >= 4 is 11.7 Å². The zero-order valence-corrected chi connectivity index (χ0v) is 9.39. The highest BCUT2D eigenvalue weighted by Gasteiger charge is 2.16. The number of nitrogens with two attached hydrogens (primary N) is 1. The van der Waals surface area contributed by atoms with Crippen molar-refractivity contribution in [2.75, 3.05) is 25.6 Å². The van der Waals surface area contributed by atoms with Crippen molar-refractivity contribution < 1.29 is 19.4 Å². The first-order valence-corrected chi connectivity index (χ1v) is 5.50. The molecule has 0 bridgehead atoms. The van der Waals surface area contributed by atoms with Crippen LogP contribution in [0.15, 0.2) is 18.2 Å². The van der Waals surface area contributed by atoms with E-state index in [-0.39, 0.29) is 11.3 Å². The van der Waals surface area contributed by atoms with Crippen LogP contribution in [0.1, 0.15) is 16.8 Å². The number of ether oxygens (including phenoxy) is 2. The van der Waals surface area contributed by atoms with Crippen LogP contribution >= 0.6 is 0 Å². The number of rotatable bonds is 4. The van der Waals surface area contributed by atoms with Crippen LogP contribution in [-0.4, -0.2) is 30.9 Å². The van der Waals surface area contributed by atoms with Crippen molar-refractivity contribution in [3.8, 4) is 5.75 Å². The molecule has 17 heavy (non-hydrogen) atoms. The molecule has 5 heteroatoms. The zero-order chi connectivity index (χ0) is 12.3. The van der Waals surface area contributed by atoms with Gasteiger partial charge < -0.3 is 20.3 Å². The van der Waals surface area contributed by atoms with E-state index >= 15 is 0 Å². The van der Waals surface area contributed by atoms with Crippen molar-refractivity contribution in [1.29, 1.82) is 0 Å². The summed E-state index contributed by atoms with van der Waals surface area (Å²) in [5.74, 6) is -0.0204. The van der Waals surface area contributed by atoms with E-state index in [1.807, 2.05) is 0 Å². The maximum atomic E-state index is 10.8. The smallest absolute Gasteiger partial charge is 0.337 e. The Labute approximate surface area is 99.1 Å². The summed E-state index contributed by atoms with van der Waals surface area (Å²) >= 11 is 0. The lowest BCUT2D eigenvalue weighted by atomic mass is 10.1. The molecule has 1 fully saturated rings. The molecule has 2 rings (SSSR count). The van der Waals surface area contributed by atoms with E-state index in [9.17, 15) is 4.79 Å². The second kappa shape index (κ2) is 5.05. The standard InChI is InChI=1S/C12H15NO4/c13-11-5-9(1-2-10(11)12(14)15)17-7-8-3-4-16-6-8/h1-2,5,8H,3-4,6-7,13H2,(H,14,15). The third-order valence-electron chi connectivity index (χ3n) is 2.76. The van der Waals surface area contributed by atoms with E-state index in [4.69, 9.17) is 20.3 Å². The van der Waals surface area contributed by atoms with Crippen molar-refractivity contribution in [1.82, 2.24) is 0 Å². The van der Waals surface area contributed by atoms with Crippen LogP contribution < -0.4 is 10.5 Å². The number of nitrogen functional groups attached to an aromatic ring is 1. The van der Waals surface area contributed by atoms with Gasteiger partial charge in [-0.3, -0.25) is 0 Å². The van der Waals surface area contributed by atoms with E-state index < -0.39 is 5.97 Å². The Morgan fingerprint density at radius 2 is 2.41 bits per heavy atom. The number of anilines is 1. The van der Waals surface area contributed by atoms with Gasteiger partial charge in [-0.2, -0.15) is 0 Å². The molecule has 1 aromatic carbocycles. The van der Waals surface area contributed by atoms with Gasteiger partial charge in [0.25, 0.3) is 0 Å². The molecule has 1 unspecified atom stereocenters. The Bertz CT molecular complexity index is 413. The molecular weight excluding hydrogens is 222 g/mol. The lowest BCUT2D eigenvalue weighted by Crippen LogP contribution is -2.12. The van der Waals surface area contributed by atoms with E-state index in [0.29, 0.717) is 18.3 Å². The normalized spacial score (nSPS) is 19.2. The SMILES string of the molecule is Nc1cc(OCC2CCOC2)ccc1C(=O)O. The molecule has 0 spiro atoms. The molecule has 1 saturated heterocycles. The lowest BCUT2D eigenvalue weighted by Gasteiger charge is -2.11. The molecule has 92 valence electrons. The minimum absolute atomic E-state index is 0.0987. The highest BCUT2D eigenvalue weighted by Crippen LogP contribution is 2.21. The quantitative estimate of drug-likeness (QED) is 0.773. The van der Waals surface area contributed by atoms with Gasteiger partial charge >= 0.3 is 5.97 Å². The fourth-order valence-electron chi connectivity index (χ4n) is 1.75. The van der Waals surface area contributed by atoms with E-state index in [1.54, 1.807) is 12.1 Å². The van der Waals surface area contributed by atoms with Crippen LogP contribution in [0.5, 0.6) is 5.75 Å². The van der Waals surface area contributed by atoms with Crippen LogP contribution in [-0.2, 0) is 4.74 Å². The van der Waals surface area contributed by atoms with Crippen molar-refractivity contribution in [2.24, 2.45) is 5.92 Å². The molecule has 1 aliphatic rings. The minimum Gasteiger partial charge on any atom is -0.493 e. The number of hydrogen-bond donors (Lipinski definition) is 2. The molecular formula is C12H15NO4. The van der Waals surface area contributed by atoms with E-state index in [1.165, 1.54) is 6.07 Å². The highest BCUT2D eigenvalue weighted by atomic mass is 16.5. The molecule has 1 aliphatic heterocycles. The number of carbonyl (C=O) groups is 1. The Hall–Kier alpha value is -1.75. The molecule has 0 amide bonds. The van der Waals surface area contributed by atoms with Crippen LogP contribution in [0.4, 0.5) is 5.69 Å². The molecule has 1 heterocycles. The molecule has 0 radical (unpaired) electrons. The number of aromatic carboxylic acids is 1. The van der Waals surface area contributed by atoms with Crippen molar-refractivity contribution in [2.45, 2.75) is 6.42 Å². The fourth-order valence-corrected chi connectivity index (χ4v) is 1.75. The summed E-state index contributed by atoms with van der Waals surface area (Å²) in [6, 6.07) is 4.62. The molecule has 3 N–H and O–H groups in total. The van der Waals surface area contributed by atoms with Gasteiger partial charge in [-0.1, -0.05) is 0 Å². The fraction of sp³-hybridized carbons (Fsp3) is 0.417. The Morgan fingerprint density at radius 3 is 3.00 bits per heavy atom. The average Bonchev–Trinajstić information content (AvgIpc) is 2.78. The molecule has 0 saturated carbocycles. The number of hydrogen-bond acceptors (Lipinski definition) is 4. The number of carboxylic acid groups (broad SMARTS) is 1. The summed E-state index contributed by atoms with van der Waals surface area (Å²) < 4.78 is 10.8. The molecule has 0 aromatic heterocycles. The molecule has 1 aromatic rings. The van der Waals surface area contributed by atoms with Gasteiger partial charge in [0.15, 0.2) is 0 Å². The molecule has 5 nitrogen and oxygen atoms in total. The zero-order valence-electron chi connectivity index (χ0n) is 9.39.